The molecule has 0 saturated carbocycles. The molecule has 0 spiro atoms. The summed E-state index contributed by atoms with van der Waals surface area (Å²) in [5.41, 5.74) is 2.93. The first-order valence-electron chi connectivity index (χ1n) is 12.6. The molecular weight excluding hydrogens is 522 g/mol. The van der Waals surface area contributed by atoms with Gasteiger partial charge in [-0.3, -0.25) is 23.7 Å². The number of carbonyl (C=O) groups excluding carboxylic acids is 4. The average molecular weight is 550 g/mol. The summed E-state index contributed by atoms with van der Waals surface area (Å²) in [5.74, 6) is -2.69. The zero-order valence-electron chi connectivity index (χ0n) is 22.2. The van der Waals surface area contributed by atoms with Gasteiger partial charge in [0.15, 0.2) is 30.2 Å². The second kappa shape index (κ2) is 10.9. The molecule has 0 N–H and O–H groups in total. The van der Waals surface area contributed by atoms with Crippen LogP contribution in [0, 0.1) is 0 Å². The molecule has 5 rings (SSSR count). The van der Waals surface area contributed by atoms with Crippen LogP contribution in [0.25, 0.3) is 33.1 Å². The lowest BCUT2D eigenvalue weighted by molar-refractivity contribution is -0.267. The van der Waals surface area contributed by atoms with Crippen LogP contribution in [0.15, 0.2) is 48.5 Å². The first-order valence-corrected chi connectivity index (χ1v) is 12.6. The summed E-state index contributed by atoms with van der Waals surface area (Å²) in [6.45, 7) is 4.44. The van der Waals surface area contributed by atoms with Gasteiger partial charge in [-0.2, -0.15) is 0 Å². The van der Waals surface area contributed by atoms with Crippen LogP contribution >= 0.6 is 0 Å². The van der Waals surface area contributed by atoms with Gasteiger partial charge in [-0.05, 0) is 18.2 Å². The summed E-state index contributed by atoms with van der Waals surface area (Å²) in [6.07, 6.45) is -6.11. The summed E-state index contributed by atoms with van der Waals surface area (Å²) in [7, 11) is 0. The van der Waals surface area contributed by atoms with Gasteiger partial charge in [-0.25, -0.2) is 9.97 Å². The Balaban J connectivity index is 1.76. The highest BCUT2D eigenvalue weighted by molar-refractivity contribution is 6.06. The Bertz CT molecular complexity index is 1630. The Morgan fingerprint density at radius 2 is 1.32 bits per heavy atom. The normalized spacial score (nSPS) is 22.6. The van der Waals surface area contributed by atoms with Crippen LogP contribution in [0.5, 0.6) is 0 Å². The maximum absolute atomic E-state index is 12.4. The molecule has 4 aromatic rings. The monoisotopic (exact) mass is 549 g/mol. The molecule has 1 fully saturated rings. The molecule has 2 aromatic heterocycles. The predicted octanol–water partition coefficient (Wildman–Crippen LogP) is 2.99. The number of benzene rings is 2. The summed E-state index contributed by atoms with van der Waals surface area (Å²) in [4.78, 5) is 58.1. The molecule has 1 aliphatic rings. The van der Waals surface area contributed by atoms with Crippen molar-refractivity contribution >= 4 is 57.0 Å². The van der Waals surface area contributed by atoms with Crippen molar-refractivity contribution in [1.82, 2.24) is 14.5 Å². The standard InChI is InChI=1S/C28H27N3O9/c1-14(32)36-13-22-24(37-15(2)33)25(38-16(3)34)26(39-17(4)35)28(40-22)31-21-12-8-5-9-18(21)23-27(31)30-20-11-7-6-10-19(20)29-23/h5-12,22,24-26,28H,13H2,1-4H3/t22-,24-,25+,26-,28-/m1/s1. The van der Waals surface area contributed by atoms with Crippen LogP contribution in [0.3, 0.4) is 0 Å². The number of nitrogens with zero attached hydrogens (tertiary/aromatic N) is 3. The van der Waals surface area contributed by atoms with E-state index in [9.17, 15) is 19.2 Å². The van der Waals surface area contributed by atoms with Gasteiger partial charge in [0.2, 0.25) is 0 Å². The highest BCUT2D eigenvalue weighted by atomic mass is 16.7. The number of para-hydroxylation sites is 3. The molecule has 40 heavy (non-hydrogen) atoms. The first kappa shape index (κ1) is 27.0. The van der Waals surface area contributed by atoms with Gasteiger partial charge in [0, 0.05) is 33.1 Å². The molecule has 5 atom stereocenters. The van der Waals surface area contributed by atoms with Crippen molar-refractivity contribution in [3.63, 3.8) is 0 Å². The second-order valence-electron chi connectivity index (χ2n) is 9.36. The lowest BCUT2D eigenvalue weighted by atomic mass is 9.97. The Kier molecular flexibility index (Phi) is 7.35. The number of hydrogen-bond donors (Lipinski definition) is 0. The van der Waals surface area contributed by atoms with E-state index in [1.54, 1.807) is 4.57 Å². The lowest BCUT2D eigenvalue weighted by Gasteiger charge is -2.44. The molecule has 3 heterocycles. The van der Waals surface area contributed by atoms with Crippen molar-refractivity contribution in [2.75, 3.05) is 6.61 Å². The number of aromatic nitrogens is 3. The lowest BCUT2D eigenvalue weighted by Crippen LogP contribution is -2.60. The highest BCUT2D eigenvalue weighted by Gasteiger charge is 2.53. The Morgan fingerprint density at radius 1 is 0.750 bits per heavy atom. The van der Waals surface area contributed by atoms with Crippen molar-refractivity contribution in [3.05, 3.63) is 48.5 Å². The maximum Gasteiger partial charge on any atom is 0.303 e. The molecule has 1 aliphatic heterocycles. The molecule has 0 radical (unpaired) electrons. The van der Waals surface area contributed by atoms with E-state index in [1.165, 1.54) is 27.7 Å². The van der Waals surface area contributed by atoms with Crippen molar-refractivity contribution in [3.8, 4) is 0 Å². The maximum atomic E-state index is 12.4. The Morgan fingerprint density at radius 3 is 1.98 bits per heavy atom. The van der Waals surface area contributed by atoms with Crippen LogP contribution in [0.2, 0.25) is 0 Å². The minimum absolute atomic E-state index is 0.333. The molecule has 0 unspecified atom stereocenters. The fourth-order valence-corrected chi connectivity index (χ4v) is 5.01. The zero-order valence-corrected chi connectivity index (χ0v) is 22.2. The molecule has 12 heteroatoms. The van der Waals surface area contributed by atoms with Gasteiger partial charge in [0.1, 0.15) is 18.2 Å². The molecule has 1 saturated heterocycles. The molecular formula is C28H27N3O9. The number of ether oxygens (including phenoxy) is 5. The third-order valence-electron chi connectivity index (χ3n) is 6.42. The summed E-state index contributed by atoms with van der Waals surface area (Å²) >= 11 is 0. The minimum Gasteiger partial charge on any atom is -0.463 e. The molecule has 208 valence electrons. The highest BCUT2D eigenvalue weighted by Crippen LogP contribution is 2.39. The third-order valence-corrected chi connectivity index (χ3v) is 6.42. The molecule has 2 aromatic carbocycles. The van der Waals surface area contributed by atoms with E-state index in [-0.39, 0.29) is 6.61 Å². The largest absolute Gasteiger partial charge is 0.463 e. The van der Waals surface area contributed by atoms with Gasteiger partial charge >= 0.3 is 23.9 Å². The van der Waals surface area contributed by atoms with E-state index in [2.05, 4.69) is 0 Å². The molecule has 0 bridgehead atoms. The van der Waals surface area contributed by atoms with Crippen LogP contribution < -0.4 is 0 Å². The quantitative estimate of drug-likeness (QED) is 0.258. The first-order chi connectivity index (χ1) is 19.1. The van der Waals surface area contributed by atoms with E-state index in [4.69, 9.17) is 33.7 Å². The number of hydrogen-bond acceptors (Lipinski definition) is 11. The van der Waals surface area contributed by atoms with Gasteiger partial charge in [-0.1, -0.05) is 30.3 Å². The molecule has 0 aliphatic carbocycles. The number of esters is 4. The van der Waals surface area contributed by atoms with Crippen LogP contribution in [0.1, 0.15) is 33.9 Å². The molecule has 0 amide bonds. The van der Waals surface area contributed by atoms with Crippen LogP contribution in [0.4, 0.5) is 0 Å². The fraction of sp³-hybridized carbons (Fsp3) is 0.357. The smallest absolute Gasteiger partial charge is 0.303 e. The van der Waals surface area contributed by atoms with E-state index >= 15 is 0 Å². The van der Waals surface area contributed by atoms with Gasteiger partial charge in [0.25, 0.3) is 0 Å². The third kappa shape index (κ3) is 5.17. The van der Waals surface area contributed by atoms with Gasteiger partial charge in [0.05, 0.1) is 16.6 Å². The number of fused-ring (bicyclic) bond motifs is 4. The van der Waals surface area contributed by atoms with E-state index < -0.39 is 54.5 Å². The van der Waals surface area contributed by atoms with Crippen molar-refractivity contribution in [2.24, 2.45) is 0 Å². The van der Waals surface area contributed by atoms with Crippen molar-refractivity contribution in [2.45, 2.75) is 58.3 Å². The molecule has 12 nitrogen and oxygen atoms in total. The van der Waals surface area contributed by atoms with Crippen molar-refractivity contribution < 1.29 is 42.9 Å². The second-order valence-corrected chi connectivity index (χ2v) is 9.36. The Labute approximate surface area is 228 Å². The van der Waals surface area contributed by atoms with Gasteiger partial charge < -0.3 is 23.7 Å². The summed E-state index contributed by atoms with van der Waals surface area (Å²) in [6, 6.07) is 14.8. The van der Waals surface area contributed by atoms with Gasteiger partial charge in [-0.15, -0.1) is 0 Å². The van der Waals surface area contributed by atoms with Crippen LogP contribution in [-0.2, 0) is 42.9 Å². The summed E-state index contributed by atoms with van der Waals surface area (Å²) in [5, 5.41) is 0.753. The predicted molar refractivity (Wildman–Crippen MR) is 140 cm³/mol. The number of carbonyl (C=O) groups is 4. The zero-order chi connectivity index (χ0) is 28.6. The Hall–Kier alpha value is -4.58. The topological polar surface area (TPSA) is 145 Å². The van der Waals surface area contributed by atoms with E-state index in [0.29, 0.717) is 27.7 Å². The van der Waals surface area contributed by atoms with Crippen LogP contribution in [-0.4, -0.2) is 69.4 Å². The van der Waals surface area contributed by atoms with Crippen molar-refractivity contribution in [1.29, 1.82) is 0 Å². The fourth-order valence-electron chi connectivity index (χ4n) is 5.01. The van der Waals surface area contributed by atoms with E-state index in [0.717, 1.165) is 5.39 Å². The van der Waals surface area contributed by atoms with E-state index in [1.807, 2.05) is 48.5 Å². The average Bonchev–Trinajstić information content (AvgIpc) is 3.21. The minimum atomic E-state index is -1.31. The summed E-state index contributed by atoms with van der Waals surface area (Å²) < 4.78 is 30.2. The SMILES string of the molecule is CC(=O)OC[C@H]1O[C@@H](n2c3ccccc3c3nc4ccccc4nc32)[C@H](OC(C)=O)[C@@H](OC(C)=O)[C@@H]1OC(C)=O. The number of rotatable bonds is 6.